The van der Waals surface area contributed by atoms with Crippen molar-refractivity contribution in [2.75, 3.05) is 5.73 Å². The quantitative estimate of drug-likeness (QED) is 0.736. The number of nitrogens with two attached hydrogens (primary N) is 1. The molecule has 94 valence electrons. The minimum atomic E-state index is -0.278. The van der Waals surface area contributed by atoms with Crippen LogP contribution in [0.15, 0.2) is 42.7 Å². The summed E-state index contributed by atoms with van der Waals surface area (Å²) in [6.07, 6.45) is 3.24. The number of hydrogen-bond donors (Lipinski definition) is 2. The van der Waals surface area contributed by atoms with Crippen molar-refractivity contribution in [1.82, 2.24) is 20.2 Å². The summed E-state index contributed by atoms with van der Waals surface area (Å²) in [6, 6.07) is 7.92. The molecule has 0 unspecified atom stereocenters. The molecule has 6 heteroatoms. The van der Waals surface area contributed by atoms with E-state index in [-0.39, 0.29) is 11.8 Å². The molecule has 5 nitrogen and oxygen atoms in total. The summed E-state index contributed by atoms with van der Waals surface area (Å²) in [7, 11) is 0. The summed E-state index contributed by atoms with van der Waals surface area (Å²) in [6.45, 7) is 0. The molecule has 2 heterocycles. The minimum absolute atomic E-state index is 0.192. The molecule has 3 rings (SSSR count). The lowest BCUT2D eigenvalue weighted by atomic mass is 10.1. The molecule has 0 atom stereocenters. The van der Waals surface area contributed by atoms with Crippen molar-refractivity contribution >= 4 is 5.95 Å². The number of hydrogen-bond acceptors (Lipinski definition) is 4. The second-order valence-corrected chi connectivity index (χ2v) is 3.97. The van der Waals surface area contributed by atoms with Crippen LogP contribution in [0.1, 0.15) is 0 Å². The lowest BCUT2D eigenvalue weighted by molar-refractivity contribution is 0.628. The molecule has 3 N–H and O–H groups in total. The lowest BCUT2D eigenvalue weighted by Crippen LogP contribution is -1.96. The Morgan fingerprint density at radius 2 is 1.89 bits per heavy atom. The second-order valence-electron chi connectivity index (χ2n) is 3.97. The molecule has 19 heavy (non-hydrogen) atoms. The third-order valence-corrected chi connectivity index (χ3v) is 2.72. The van der Waals surface area contributed by atoms with Gasteiger partial charge < -0.3 is 5.73 Å². The minimum Gasteiger partial charge on any atom is -0.368 e. The molecule has 1 aromatic carbocycles. The Morgan fingerprint density at radius 1 is 1.11 bits per heavy atom. The summed E-state index contributed by atoms with van der Waals surface area (Å²) in [5.41, 5.74) is 8.61. The average Bonchev–Trinajstić information content (AvgIpc) is 2.89. The van der Waals surface area contributed by atoms with E-state index in [9.17, 15) is 4.39 Å². The van der Waals surface area contributed by atoms with Crippen LogP contribution in [-0.4, -0.2) is 20.2 Å². The van der Waals surface area contributed by atoms with Crippen LogP contribution in [0.2, 0.25) is 0 Å². The number of rotatable bonds is 2. The Hall–Kier alpha value is -2.76. The van der Waals surface area contributed by atoms with Gasteiger partial charge in [-0.05, 0) is 23.8 Å². The van der Waals surface area contributed by atoms with E-state index in [1.165, 1.54) is 12.1 Å². The highest BCUT2D eigenvalue weighted by Gasteiger charge is 2.11. The van der Waals surface area contributed by atoms with Crippen molar-refractivity contribution < 1.29 is 4.39 Å². The highest BCUT2D eigenvalue weighted by atomic mass is 19.1. The number of halogens is 1. The zero-order chi connectivity index (χ0) is 13.2. The molecule has 0 aliphatic carbocycles. The Balaban J connectivity index is 2.10. The van der Waals surface area contributed by atoms with Crippen LogP contribution in [-0.2, 0) is 0 Å². The first kappa shape index (κ1) is 11.3. The highest BCUT2D eigenvalue weighted by molar-refractivity contribution is 5.78. The van der Waals surface area contributed by atoms with Gasteiger partial charge in [-0.1, -0.05) is 12.1 Å². The van der Waals surface area contributed by atoms with Crippen LogP contribution in [0, 0.1) is 5.82 Å². The maximum Gasteiger partial charge on any atom is 0.220 e. The van der Waals surface area contributed by atoms with Crippen LogP contribution in [0.25, 0.3) is 22.5 Å². The number of aromatic amines is 1. The van der Waals surface area contributed by atoms with Crippen LogP contribution in [0.3, 0.4) is 0 Å². The number of benzene rings is 1. The predicted molar refractivity (Wildman–Crippen MR) is 69.4 cm³/mol. The van der Waals surface area contributed by atoms with E-state index in [0.717, 1.165) is 16.8 Å². The van der Waals surface area contributed by atoms with Crippen LogP contribution >= 0.6 is 0 Å². The van der Waals surface area contributed by atoms with Gasteiger partial charge in [0.1, 0.15) is 5.82 Å². The largest absolute Gasteiger partial charge is 0.368 e. The van der Waals surface area contributed by atoms with Crippen molar-refractivity contribution in [3.05, 3.63) is 48.5 Å². The van der Waals surface area contributed by atoms with Gasteiger partial charge in [0.2, 0.25) is 5.95 Å². The fourth-order valence-electron chi connectivity index (χ4n) is 1.84. The fraction of sp³-hybridized carbons (Fsp3) is 0. The van der Waals surface area contributed by atoms with Gasteiger partial charge in [0.05, 0.1) is 17.6 Å². The van der Waals surface area contributed by atoms with Crippen molar-refractivity contribution in [1.29, 1.82) is 0 Å². The van der Waals surface area contributed by atoms with Crippen molar-refractivity contribution in [2.45, 2.75) is 0 Å². The van der Waals surface area contributed by atoms with Crippen molar-refractivity contribution in [3.63, 3.8) is 0 Å². The molecule has 0 fully saturated rings. The van der Waals surface area contributed by atoms with E-state index in [2.05, 4.69) is 20.2 Å². The molecule has 0 bridgehead atoms. The third-order valence-electron chi connectivity index (χ3n) is 2.72. The Bertz CT molecular complexity index is 705. The van der Waals surface area contributed by atoms with E-state index in [0.29, 0.717) is 5.69 Å². The molecule has 0 spiro atoms. The van der Waals surface area contributed by atoms with E-state index in [1.807, 2.05) is 0 Å². The van der Waals surface area contributed by atoms with Gasteiger partial charge >= 0.3 is 0 Å². The first-order chi connectivity index (χ1) is 9.24. The second kappa shape index (κ2) is 4.49. The molecule has 0 aliphatic rings. The van der Waals surface area contributed by atoms with Gasteiger partial charge in [0.25, 0.3) is 0 Å². The number of aromatic nitrogens is 4. The zero-order valence-electron chi connectivity index (χ0n) is 9.84. The summed E-state index contributed by atoms with van der Waals surface area (Å²) in [5.74, 6) is -0.0859. The van der Waals surface area contributed by atoms with E-state index >= 15 is 0 Å². The van der Waals surface area contributed by atoms with Crippen molar-refractivity contribution in [2.24, 2.45) is 0 Å². The Kier molecular flexibility index (Phi) is 2.68. The van der Waals surface area contributed by atoms with Crippen molar-refractivity contribution in [3.8, 4) is 22.5 Å². The summed E-state index contributed by atoms with van der Waals surface area (Å²) >= 11 is 0. The Labute approximate surface area is 108 Å². The maximum atomic E-state index is 12.9. The number of anilines is 1. The highest BCUT2D eigenvalue weighted by Crippen LogP contribution is 2.28. The number of nitrogens with zero attached hydrogens (tertiary/aromatic N) is 3. The third kappa shape index (κ3) is 2.15. The summed E-state index contributed by atoms with van der Waals surface area (Å²) < 4.78 is 12.9. The summed E-state index contributed by atoms with van der Waals surface area (Å²) in [5, 5.41) is 6.88. The summed E-state index contributed by atoms with van der Waals surface area (Å²) in [4.78, 5) is 7.99. The first-order valence-corrected chi connectivity index (χ1v) is 5.62. The molecule has 3 aromatic rings. The normalized spacial score (nSPS) is 10.6. The molecule has 2 aromatic heterocycles. The van der Waals surface area contributed by atoms with E-state index < -0.39 is 0 Å². The Morgan fingerprint density at radius 3 is 2.63 bits per heavy atom. The monoisotopic (exact) mass is 255 g/mol. The topological polar surface area (TPSA) is 80.5 Å². The van der Waals surface area contributed by atoms with Gasteiger partial charge in [0.15, 0.2) is 0 Å². The zero-order valence-corrected chi connectivity index (χ0v) is 9.84. The smallest absolute Gasteiger partial charge is 0.220 e. The number of H-pyrrole nitrogens is 1. The molecule has 0 saturated heterocycles. The van der Waals surface area contributed by atoms with Gasteiger partial charge in [-0.3, -0.25) is 5.10 Å². The molecule has 0 amide bonds. The first-order valence-electron chi connectivity index (χ1n) is 5.62. The average molecular weight is 255 g/mol. The van der Waals surface area contributed by atoms with E-state index in [1.54, 1.807) is 30.6 Å². The van der Waals surface area contributed by atoms with Crippen LogP contribution < -0.4 is 5.73 Å². The SMILES string of the molecule is Nc1nccc(-c2[nH]ncc2-c2ccc(F)cc2)n1. The maximum absolute atomic E-state index is 12.9. The molecular formula is C13H10FN5. The number of nitrogens with one attached hydrogen (secondary N) is 1. The fourth-order valence-corrected chi connectivity index (χ4v) is 1.84. The molecule has 0 aliphatic heterocycles. The molecule has 0 saturated carbocycles. The van der Waals surface area contributed by atoms with Gasteiger partial charge in [0, 0.05) is 11.8 Å². The van der Waals surface area contributed by atoms with Crippen LogP contribution in [0.4, 0.5) is 10.3 Å². The lowest BCUT2D eigenvalue weighted by Gasteiger charge is -2.03. The molecule has 0 radical (unpaired) electrons. The standard InChI is InChI=1S/C13H10FN5/c14-9-3-1-8(2-4-9)10-7-17-19-12(10)11-5-6-16-13(15)18-11/h1-7H,(H,17,19)(H2,15,16,18). The van der Waals surface area contributed by atoms with Crippen LogP contribution in [0.5, 0.6) is 0 Å². The van der Waals surface area contributed by atoms with Gasteiger partial charge in [-0.15, -0.1) is 0 Å². The number of nitrogen functional groups attached to an aromatic ring is 1. The van der Waals surface area contributed by atoms with Gasteiger partial charge in [-0.25, -0.2) is 14.4 Å². The van der Waals surface area contributed by atoms with E-state index in [4.69, 9.17) is 5.73 Å². The predicted octanol–water partition coefficient (Wildman–Crippen LogP) is 2.25. The molecular weight excluding hydrogens is 245 g/mol. The van der Waals surface area contributed by atoms with Gasteiger partial charge in [-0.2, -0.15) is 5.10 Å².